The molecule has 0 unspecified atom stereocenters. The summed E-state index contributed by atoms with van der Waals surface area (Å²) in [4.78, 5) is 24.8. The molecule has 0 bridgehead atoms. The number of nitrogens with zero attached hydrogens (tertiary/aromatic N) is 3. The summed E-state index contributed by atoms with van der Waals surface area (Å²) < 4.78 is 0. The number of amides is 2. The molecule has 0 saturated heterocycles. The van der Waals surface area contributed by atoms with Crippen molar-refractivity contribution >= 4 is 12.0 Å². The molecule has 0 aromatic rings. The topological polar surface area (TPSA) is 84.6 Å². The van der Waals surface area contributed by atoms with Crippen LogP contribution in [-0.2, 0) is 4.79 Å². The summed E-state index contributed by atoms with van der Waals surface area (Å²) in [5, 5.41) is 16.8. The van der Waals surface area contributed by atoms with Gasteiger partial charge in [-0.25, -0.2) is 4.79 Å². The summed E-state index contributed by atoms with van der Waals surface area (Å²) in [6.45, 7) is 0.792. The van der Waals surface area contributed by atoms with Gasteiger partial charge in [-0.2, -0.15) is 5.26 Å². The van der Waals surface area contributed by atoms with Gasteiger partial charge < -0.3 is 14.9 Å². The minimum absolute atomic E-state index is 0.0551. The Hall–Kier alpha value is -1.77. The summed E-state index contributed by atoms with van der Waals surface area (Å²) >= 11 is 0. The van der Waals surface area contributed by atoms with Crippen LogP contribution in [0.25, 0.3) is 0 Å². The molecule has 0 radical (unpaired) electrons. The van der Waals surface area contributed by atoms with E-state index >= 15 is 0 Å². The molecule has 0 heterocycles. The Bertz CT molecular complexity index is 286. The number of carbonyl (C=O) groups excluding carboxylic acids is 1. The molecule has 0 fully saturated rings. The Morgan fingerprint density at radius 3 is 2.31 bits per heavy atom. The average Bonchev–Trinajstić information content (AvgIpc) is 2.24. The molecule has 2 amide bonds. The lowest BCUT2D eigenvalue weighted by Crippen LogP contribution is -2.39. The summed E-state index contributed by atoms with van der Waals surface area (Å²) in [6, 6.07) is 1.77. The SMILES string of the molecule is CN(CCC#N)C(=O)N(C)CCCC(=O)O. The largest absolute Gasteiger partial charge is 0.481 e. The first kappa shape index (κ1) is 14.2. The first-order chi connectivity index (χ1) is 7.49. The van der Waals surface area contributed by atoms with Crippen LogP contribution < -0.4 is 0 Å². The smallest absolute Gasteiger partial charge is 0.319 e. The Morgan fingerprint density at radius 2 is 1.81 bits per heavy atom. The van der Waals surface area contributed by atoms with E-state index in [4.69, 9.17) is 10.4 Å². The summed E-state index contributed by atoms with van der Waals surface area (Å²) in [7, 11) is 3.24. The number of carboxylic acids is 1. The van der Waals surface area contributed by atoms with E-state index in [2.05, 4.69) is 0 Å². The van der Waals surface area contributed by atoms with E-state index in [-0.39, 0.29) is 12.5 Å². The quantitative estimate of drug-likeness (QED) is 0.725. The molecule has 0 aromatic carbocycles. The highest BCUT2D eigenvalue weighted by molar-refractivity contribution is 5.74. The molecule has 0 aromatic heterocycles. The highest BCUT2D eigenvalue weighted by atomic mass is 16.4. The second-order valence-corrected chi connectivity index (χ2v) is 3.53. The van der Waals surface area contributed by atoms with Crippen molar-refractivity contribution in [3.63, 3.8) is 0 Å². The van der Waals surface area contributed by atoms with Crippen LogP contribution in [0.4, 0.5) is 4.79 Å². The van der Waals surface area contributed by atoms with Crippen LogP contribution in [0, 0.1) is 11.3 Å². The number of rotatable bonds is 6. The van der Waals surface area contributed by atoms with Gasteiger partial charge in [0.25, 0.3) is 0 Å². The Labute approximate surface area is 95.1 Å². The van der Waals surface area contributed by atoms with Gasteiger partial charge in [0.05, 0.1) is 12.5 Å². The van der Waals surface area contributed by atoms with Gasteiger partial charge in [-0.3, -0.25) is 4.79 Å². The van der Waals surface area contributed by atoms with Gasteiger partial charge in [0.15, 0.2) is 0 Å². The summed E-state index contributed by atoms with van der Waals surface area (Å²) in [6.07, 6.45) is 0.786. The van der Waals surface area contributed by atoms with Gasteiger partial charge in [-0.05, 0) is 6.42 Å². The number of carbonyl (C=O) groups is 2. The Balaban J connectivity index is 3.89. The van der Waals surface area contributed by atoms with Crippen molar-refractivity contribution in [2.24, 2.45) is 0 Å². The molecule has 1 N–H and O–H groups in total. The fraction of sp³-hybridized carbons (Fsp3) is 0.700. The molecule has 16 heavy (non-hydrogen) atoms. The lowest BCUT2D eigenvalue weighted by molar-refractivity contribution is -0.137. The van der Waals surface area contributed by atoms with Crippen molar-refractivity contribution < 1.29 is 14.7 Å². The fourth-order valence-electron chi connectivity index (χ4n) is 1.17. The third-order valence-electron chi connectivity index (χ3n) is 2.10. The van der Waals surface area contributed by atoms with Gasteiger partial charge in [0.1, 0.15) is 0 Å². The zero-order valence-corrected chi connectivity index (χ0v) is 9.64. The number of hydrogen-bond acceptors (Lipinski definition) is 3. The standard InChI is InChI=1S/C10H17N3O3/c1-12(7-3-5-9(14)15)10(16)13(2)8-4-6-11/h3-5,7-8H2,1-2H3,(H,14,15). The average molecular weight is 227 g/mol. The number of aliphatic carboxylic acids is 1. The van der Waals surface area contributed by atoms with Crippen LogP contribution in [0.2, 0.25) is 0 Å². The number of urea groups is 1. The van der Waals surface area contributed by atoms with E-state index in [9.17, 15) is 9.59 Å². The maximum absolute atomic E-state index is 11.6. The van der Waals surface area contributed by atoms with Crippen molar-refractivity contribution in [3.05, 3.63) is 0 Å². The van der Waals surface area contributed by atoms with E-state index in [1.165, 1.54) is 9.80 Å². The van der Waals surface area contributed by atoms with Crippen molar-refractivity contribution in [1.82, 2.24) is 9.80 Å². The maximum atomic E-state index is 11.6. The fourth-order valence-corrected chi connectivity index (χ4v) is 1.17. The predicted octanol–water partition coefficient (Wildman–Crippen LogP) is 0.748. The zero-order chi connectivity index (χ0) is 12.6. The van der Waals surface area contributed by atoms with Gasteiger partial charge in [-0.1, -0.05) is 0 Å². The molecular formula is C10H17N3O3. The summed E-state index contributed by atoms with van der Waals surface area (Å²) in [5.41, 5.74) is 0. The number of nitriles is 1. The molecular weight excluding hydrogens is 210 g/mol. The highest BCUT2D eigenvalue weighted by Crippen LogP contribution is 1.98. The molecule has 0 rings (SSSR count). The van der Waals surface area contributed by atoms with E-state index in [0.717, 1.165) is 0 Å². The molecule has 90 valence electrons. The number of hydrogen-bond donors (Lipinski definition) is 1. The second-order valence-electron chi connectivity index (χ2n) is 3.53. The Morgan fingerprint density at radius 1 is 1.25 bits per heavy atom. The predicted molar refractivity (Wildman–Crippen MR) is 57.8 cm³/mol. The van der Waals surface area contributed by atoms with Crippen molar-refractivity contribution in [2.45, 2.75) is 19.3 Å². The van der Waals surface area contributed by atoms with E-state index < -0.39 is 5.97 Å². The lowest BCUT2D eigenvalue weighted by atomic mass is 10.3. The van der Waals surface area contributed by atoms with Gasteiger partial charge in [-0.15, -0.1) is 0 Å². The van der Waals surface area contributed by atoms with Gasteiger partial charge >= 0.3 is 12.0 Å². The third kappa shape index (κ3) is 5.86. The van der Waals surface area contributed by atoms with Gasteiger partial charge in [0, 0.05) is 33.6 Å². The number of carboxylic acid groups (broad SMARTS) is 1. The van der Waals surface area contributed by atoms with Crippen molar-refractivity contribution in [3.8, 4) is 6.07 Å². The van der Waals surface area contributed by atoms with Crippen LogP contribution in [0.15, 0.2) is 0 Å². The van der Waals surface area contributed by atoms with Crippen LogP contribution in [0.5, 0.6) is 0 Å². The third-order valence-corrected chi connectivity index (χ3v) is 2.10. The molecule has 6 nitrogen and oxygen atoms in total. The normalized spacial score (nSPS) is 9.31. The molecule has 0 aliphatic rings. The molecule has 0 saturated carbocycles. The minimum Gasteiger partial charge on any atom is -0.481 e. The maximum Gasteiger partial charge on any atom is 0.319 e. The zero-order valence-electron chi connectivity index (χ0n) is 9.64. The molecule has 0 aliphatic heterocycles. The monoisotopic (exact) mass is 227 g/mol. The first-order valence-electron chi connectivity index (χ1n) is 5.04. The summed E-state index contributed by atoms with van der Waals surface area (Å²) in [5.74, 6) is -0.862. The van der Waals surface area contributed by atoms with Gasteiger partial charge in [0.2, 0.25) is 0 Å². The Kier molecular flexibility index (Phi) is 6.68. The van der Waals surface area contributed by atoms with E-state index in [1.807, 2.05) is 6.07 Å². The molecule has 0 aliphatic carbocycles. The van der Waals surface area contributed by atoms with Crippen LogP contribution >= 0.6 is 0 Å². The highest BCUT2D eigenvalue weighted by Gasteiger charge is 2.13. The van der Waals surface area contributed by atoms with Crippen LogP contribution in [-0.4, -0.2) is 54.1 Å². The van der Waals surface area contributed by atoms with Crippen molar-refractivity contribution in [2.75, 3.05) is 27.2 Å². The minimum atomic E-state index is -0.862. The second kappa shape index (κ2) is 7.51. The molecule has 0 spiro atoms. The van der Waals surface area contributed by atoms with Crippen LogP contribution in [0.1, 0.15) is 19.3 Å². The molecule has 0 atom stereocenters. The van der Waals surface area contributed by atoms with Crippen molar-refractivity contribution in [1.29, 1.82) is 5.26 Å². The van der Waals surface area contributed by atoms with E-state index in [1.54, 1.807) is 14.1 Å². The molecule has 6 heteroatoms. The van der Waals surface area contributed by atoms with E-state index in [0.29, 0.717) is 25.9 Å². The first-order valence-corrected chi connectivity index (χ1v) is 5.04. The lowest BCUT2D eigenvalue weighted by Gasteiger charge is -2.23. The van der Waals surface area contributed by atoms with Crippen LogP contribution in [0.3, 0.4) is 0 Å².